The van der Waals surface area contributed by atoms with E-state index in [1.165, 1.54) is 17.0 Å². The van der Waals surface area contributed by atoms with Crippen molar-refractivity contribution < 1.29 is 9.59 Å². The molecule has 0 spiro atoms. The molecule has 7 heteroatoms. The molecule has 0 radical (unpaired) electrons. The predicted molar refractivity (Wildman–Crippen MR) is 83.6 cm³/mol. The molecule has 1 saturated heterocycles. The van der Waals surface area contributed by atoms with Crippen molar-refractivity contribution in [1.82, 2.24) is 9.80 Å². The summed E-state index contributed by atoms with van der Waals surface area (Å²) in [5.74, 6) is -0.404. The minimum Gasteiger partial charge on any atom is -0.399 e. The molecule has 1 aliphatic rings. The summed E-state index contributed by atoms with van der Waals surface area (Å²) in [7, 11) is 3.35. The second-order valence-electron chi connectivity index (χ2n) is 5.25. The van der Waals surface area contributed by atoms with Crippen LogP contribution in [0.1, 0.15) is 23.2 Å². The van der Waals surface area contributed by atoms with E-state index >= 15 is 0 Å². The average Bonchev–Trinajstić information content (AvgIpc) is 2.90. The van der Waals surface area contributed by atoms with Crippen LogP contribution in [0.4, 0.5) is 5.69 Å². The Balaban J connectivity index is 2.33. The van der Waals surface area contributed by atoms with E-state index in [0.29, 0.717) is 18.7 Å². The van der Waals surface area contributed by atoms with Gasteiger partial charge in [-0.2, -0.15) is 0 Å². The van der Waals surface area contributed by atoms with Gasteiger partial charge in [-0.15, -0.1) is 0 Å². The van der Waals surface area contributed by atoms with Gasteiger partial charge in [0.05, 0.1) is 15.6 Å². The van der Waals surface area contributed by atoms with E-state index < -0.39 is 6.04 Å². The number of carbonyl (C=O) groups excluding carboxylic acids is 2. The second kappa shape index (κ2) is 6.12. The van der Waals surface area contributed by atoms with E-state index in [4.69, 9.17) is 28.9 Å². The molecule has 0 bridgehead atoms. The first kappa shape index (κ1) is 15.9. The monoisotopic (exact) mass is 329 g/mol. The van der Waals surface area contributed by atoms with Crippen LogP contribution in [0.25, 0.3) is 0 Å². The fourth-order valence-electron chi connectivity index (χ4n) is 2.48. The summed E-state index contributed by atoms with van der Waals surface area (Å²) in [5.41, 5.74) is 6.32. The molecule has 0 saturated carbocycles. The normalized spacial score (nSPS) is 17.9. The molecule has 2 rings (SSSR count). The van der Waals surface area contributed by atoms with Gasteiger partial charge in [0.1, 0.15) is 6.04 Å². The first-order valence-electron chi connectivity index (χ1n) is 6.59. The SMILES string of the molecule is CN(C)C(=O)C1CCCN1C(=O)c1cc(N)cc(Cl)c1Cl. The van der Waals surface area contributed by atoms with Gasteiger partial charge < -0.3 is 15.5 Å². The zero-order chi connectivity index (χ0) is 15.7. The van der Waals surface area contributed by atoms with Crippen molar-refractivity contribution in [1.29, 1.82) is 0 Å². The molecule has 114 valence electrons. The molecule has 1 fully saturated rings. The Labute approximate surface area is 133 Å². The lowest BCUT2D eigenvalue weighted by Gasteiger charge is -2.26. The van der Waals surface area contributed by atoms with Crippen molar-refractivity contribution in [2.75, 3.05) is 26.4 Å². The van der Waals surface area contributed by atoms with Crippen molar-refractivity contribution in [3.8, 4) is 0 Å². The third-order valence-corrected chi connectivity index (χ3v) is 4.32. The molecule has 1 atom stereocenters. The van der Waals surface area contributed by atoms with E-state index in [2.05, 4.69) is 0 Å². The third kappa shape index (κ3) is 3.09. The summed E-state index contributed by atoms with van der Waals surface area (Å²) in [4.78, 5) is 27.9. The minimum atomic E-state index is -0.455. The number of nitrogens with two attached hydrogens (primary N) is 1. The number of hydrogen-bond acceptors (Lipinski definition) is 3. The molecule has 0 aliphatic carbocycles. The largest absolute Gasteiger partial charge is 0.399 e. The number of hydrogen-bond donors (Lipinski definition) is 1. The number of amides is 2. The molecule has 5 nitrogen and oxygen atoms in total. The number of nitrogens with zero attached hydrogens (tertiary/aromatic N) is 2. The predicted octanol–water partition coefficient (Wildman–Crippen LogP) is 2.27. The molecule has 1 aromatic carbocycles. The molecule has 0 aromatic heterocycles. The fourth-order valence-corrected chi connectivity index (χ4v) is 2.90. The number of halogens is 2. The Morgan fingerprint density at radius 1 is 1.33 bits per heavy atom. The van der Waals surface area contributed by atoms with E-state index in [1.807, 2.05) is 0 Å². The molecule has 1 unspecified atom stereocenters. The van der Waals surface area contributed by atoms with Crippen LogP contribution in [0.5, 0.6) is 0 Å². The summed E-state index contributed by atoms with van der Waals surface area (Å²) >= 11 is 12.1. The van der Waals surface area contributed by atoms with Crippen LogP contribution in [-0.2, 0) is 4.79 Å². The van der Waals surface area contributed by atoms with Gasteiger partial charge in [0, 0.05) is 26.3 Å². The average molecular weight is 330 g/mol. The van der Waals surface area contributed by atoms with Gasteiger partial charge in [-0.3, -0.25) is 9.59 Å². The van der Waals surface area contributed by atoms with Crippen LogP contribution in [0.2, 0.25) is 10.0 Å². The first-order chi connectivity index (χ1) is 9.82. The van der Waals surface area contributed by atoms with Crippen LogP contribution < -0.4 is 5.73 Å². The molecule has 2 amide bonds. The fraction of sp³-hybridized carbons (Fsp3) is 0.429. The Bertz CT molecular complexity index is 590. The summed E-state index contributed by atoms with van der Waals surface area (Å²) < 4.78 is 0. The van der Waals surface area contributed by atoms with Gasteiger partial charge in [-0.05, 0) is 25.0 Å². The van der Waals surface area contributed by atoms with Crippen molar-refractivity contribution >= 4 is 40.7 Å². The Hall–Kier alpha value is -1.46. The molecular formula is C14H17Cl2N3O2. The van der Waals surface area contributed by atoms with Crippen molar-refractivity contribution in [2.24, 2.45) is 0 Å². The molecule has 1 heterocycles. The lowest BCUT2D eigenvalue weighted by Crippen LogP contribution is -2.45. The molecular weight excluding hydrogens is 313 g/mol. The zero-order valence-corrected chi connectivity index (χ0v) is 13.4. The number of rotatable bonds is 2. The van der Waals surface area contributed by atoms with Gasteiger partial charge in [0.15, 0.2) is 0 Å². The Kier molecular flexibility index (Phi) is 4.64. The number of anilines is 1. The van der Waals surface area contributed by atoms with Crippen LogP contribution >= 0.6 is 23.2 Å². The van der Waals surface area contributed by atoms with Gasteiger partial charge >= 0.3 is 0 Å². The highest BCUT2D eigenvalue weighted by Gasteiger charge is 2.36. The van der Waals surface area contributed by atoms with Crippen LogP contribution in [0.3, 0.4) is 0 Å². The summed E-state index contributed by atoms with van der Waals surface area (Å²) in [6.07, 6.45) is 1.43. The van der Waals surface area contributed by atoms with Gasteiger partial charge in [-0.1, -0.05) is 23.2 Å². The molecule has 21 heavy (non-hydrogen) atoms. The number of nitrogen functional groups attached to an aromatic ring is 1. The van der Waals surface area contributed by atoms with Crippen molar-refractivity contribution in [2.45, 2.75) is 18.9 Å². The smallest absolute Gasteiger partial charge is 0.256 e. The molecule has 1 aliphatic heterocycles. The molecule has 2 N–H and O–H groups in total. The quantitative estimate of drug-likeness (QED) is 0.846. The van der Waals surface area contributed by atoms with Crippen LogP contribution in [0.15, 0.2) is 12.1 Å². The standard InChI is InChI=1S/C14H17Cl2N3O2/c1-18(2)14(21)11-4-3-5-19(11)13(20)9-6-8(17)7-10(15)12(9)16/h6-7,11H,3-5,17H2,1-2H3. The summed E-state index contributed by atoms with van der Waals surface area (Å²) in [6, 6.07) is 2.53. The van der Waals surface area contributed by atoms with Gasteiger partial charge in [0.25, 0.3) is 5.91 Å². The third-order valence-electron chi connectivity index (χ3n) is 3.52. The Morgan fingerprint density at radius 2 is 2.00 bits per heavy atom. The maximum absolute atomic E-state index is 12.7. The highest BCUT2D eigenvalue weighted by molar-refractivity contribution is 6.44. The molecule has 1 aromatic rings. The number of benzene rings is 1. The lowest BCUT2D eigenvalue weighted by molar-refractivity contribution is -0.132. The van der Waals surface area contributed by atoms with Crippen LogP contribution in [-0.4, -0.2) is 48.3 Å². The van der Waals surface area contributed by atoms with Crippen molar-refractivity contribution in [3.05, 3.63) is 27.7 Å². The van der Waals surface area contributed by atoms with E-state index in [9.17, 15) is 9.59 Å². The summed E-state index contributed by atoms with van der Waals surface area (Å²) in [6.45, 7) is 0.520. The topological polar surface area (TPSA) is 66.6 Å². The van der Waals surface area contributed by atoms with E-state index in [0.717, 1.165) is 6.42 Å². The number of likely N-dealkylation sites (N-methyl/N-ethyl adjacent to an activating group) is 1. The number of likely N-dealkylation sites (tertiary alicyclic amines) is 1. The van der Waals surface area contributed by atoms with Gasteiger partial charge in [0.2, 0.25) is 5.91 Å². The summed E-state index contributed by atoms with van der Waals surface area (Å²) in [5, 5.41) is 0.397. The highest BCUT2D eigenvalue weighted by Crippen LogP contribution is 2.31. The highest BCUT2D eigenvalue weighted by atomic mass is 35.5. The van der Waals surface area contributed by atoms with E-state index in [-0.39, 0.29) is 27.4 Å². The minimum absolute atomic E-state index is 0.0908. The maximum Gasteiger partial charge on any atom is 0.256 e. The first-order valence-corrected chi connectivity index (χ1v) is 7.35. The number of carbonyl (C=O) groups is 2. The Morgan fingerprint density at radius 3 is 2.62 bits per heavy atom. The maximum atomic E-state index is 12.7. The second-order valence-corrected chi connectivity index (χ2v) is 6.04. The van der Waals surface area contributed by atoms with Crippen molar-refractivity contribution in [3.63, 3.8) is 0 Å². The lowest BCUT2D eigenvalue weighted by atomic mass is 10.1. The van der Waals surface area contributed by atoms with Crippen LogP contribution in [0, 0.1) is 0 Å². The van der Waals surface area contributed by atoms with E-state index in [1.54, 1.807) is 19.0 Å². The zero-order valence-electron chi connectivity index (χ0n) is 11.9. The van der Waals surface area contributed by atoms with Gasteiger partial charge in [-0.25, -0.2) is 0 Å².